The van der Waals surface area contributed by atoms with Crippen molar-refractivity contribution in [3.63, 3.8) is 0 Å². The molecular formula is C23H20N4O3. The van der Waals surface area contributed by atoms with Gasteiger partial charge < -0.3 is 15.0 Å². The maximum absolute atomic E-state index is 12.7. The van der Waals surface area contributed by atoms with Gasteiger partial charge in [-0.15, -0.1) is 0 Å². The fourth-order valence-electron chi connectivity index (χ4n) is 3.90. The van der Waals surface area contributed by atoms with E-state index in [9.17, 15) is 9.59 Å². The van der Waals surface area contributed by atoms with Crippen LogP contribution in [-0.2, 0) is 16.0 Å². The first-order valence-electron chi connectivity index (χ1n) is 9.85. The van der Waals surface area contributed by atoms with Gasteiger partial charge in [-0.3, -0.25) is 14.5 Å². The molecule has 1 aliphatic rings. The van der Waals surface area contributed by atoms with E-state index in [2.05, 4.69) is 40.4 Å². The number of fused-ring (bicyclic) bond motifs is 4. The van der Waals surface area contributed by atoms with E-state index in [1.807, 2.05) is 18.2 Å². The van der Waals surface area contributed by atoms with Gasteiger partial charge in [0.05, 0.1) is 0 Å². The van der Waals surface area contributed by atoms with Crippen molar-refractivity contribution in [3.8, 4) is 5.75 Å². The molecule has 0 spiro atoms. The highest BCUT2D eigenvalue weighted by molar-refractivity contribution is 6.10. The Balaban J connectivity index is 1.40. The Morgan fingerprint density at radius 2 is 2.10 bits per heavy atom. The van der Waals surface area contributed by atoms with Gasteiger partial charge in [0.15, 0.2) is 18.2 Å². The van der Waals surface area contributed by atoms with E-state index in [0.29, 0.717) is 17.3 Å². The maximum Gasteiger partial charge on any atom is 0.266 e. The highest BCUT2D eigenvalue weighted by Crippen LogP contribution is 2.31. The number of amides is 2. The molecule has 150 valence electrons. The normalized spacial score (nSPS) is 13.4. The average molecular weight is 400 g/mol. The highest BCUT2D eigenvalue weighted by Gasteiger charge is 2.28. The molecule has 2 aromatic carbocycles. The Kier molecular flexibility index (Phi) is 4.35. The Morgan fingerprint density at radius 3 is 2.97 bits per heavy atom. The molecule has 2 aromatic heterocycles. The number of para-hydroxylation sites is 1. The molecule has 4 aromatic rings. The van der Waals surface area contributed by atoms with Crippen LogP contribution in [0.15, 0.2) is 54.7 Å². The molecule has 0 fully saturated rings. The first-order valence-corrected chi connectivity index (χ1v) is 9.85. The van der Waals surface area contributed by atoms with Crippen LogP contribution in [0.4, 0.5) is 11.5 Å². The van der Waals surface area contributed by atoms with E-state index in [0.717, 1.165) is 22.8 Å². The number of H-pyrrole nitrogens is 1. The van der Waals surface area contributed by atoms with Gasteiger partial charge in [0.25, 0.3) is 5.91 Å². The predicted molar refractivity (Wildman–Crippen MR) is 116 cm³/mol. The average Bonchev–Trinajstić information content (AvgIpc) is 3.13. The summed E-state index contributed by atoms with van der Waals surface area (Å²) in [6, 6.07) is 15.5. The maximum atomic E-state index is 12.7. The van der Waals surface area contributed by atoms with Crippen LogP contribution in [0.2, 0.25) is 0 Å². The topological polar surface area (TPSA) is 87.3 Å². The zero-order valence-electron chi connectivity index (χ0n) is 16.4. The van der Waals surface area contributed by atoms with Crippen molar-refractivity contribution in [2.45, 2.75) is 13.3 Å². The van der Waals surface area contributed by atoms with Gasteiger partial charge in [0, 0.05) is 33.7 Å². The molecule has 30 heavy (non-hydrogen) atoms. The summed E-state index contributed by atoms with van der Waals surface area (Å²) in [5.41, 5.74) is 4.00. The number of hydrogen-bond acceptors (Lipinski definition) is 4. The lowest BCUT2D eigenvalue weighted by Crippen LogP contribution is -2.43. The Hall–Kier alpha value is -3.87. The molecule has 2 amide bonds. The molecule has 0 bridgehead atoms. The highest BCUT2D eigenvalue weighted by atomic mass is 16.5. The molecule has 0 atom stereocenters. The second-order valence-corrected chi connectivity index (χ2v) is 7.22. The van der Waals surface area contributed by atoms with Crippen molar-refractivity contribution in [1.29, 1.82) is 0 Å². The first-order chi connectivity index (χ1) is 14.6. The van der Waals surface area contributed by atoms with Crippen molar-refractivity contribution in [3.05, 3.63) is 60.3 Å². The molecule has 7 nitrogen and oxygen atoms in total. The second-order valence-electron chi connectivity index (χ2n) is 7.22. The zero-order valence-corrected chi connectivity index (χ0v) is 16.4. The predicted octanol–water partition coefficient (Wildman–Crippen LogP) is 3.64. The molecule has 3 heterocycles. The van der Waals surface area contributed by atoms with Gasteiger partial charge in [0.1, 0.15) is 6.54 Å². The van der Waals surface area contributed by atoms with Gasteiger partial charge in [-0.25, -0.2) is 4.98 Å². The van der Waals surface area contributed by atoms with Crippen LogP contribution in [-0.4, -0.2) is 34.9 Å². The molecule has 5 rings (SSSR count). The number of rotatable bonds is 4. The Morgan fingerprint density at radius 1 is 1.20 bits per heavy atom. The minimum absolute atomic E-state index is 0.104. The number of benzene rings is 2. The number of nitrogens with zero attached hydrogens (tertiary/aromatic N) is 2. The number of carbonyl (C=O) groups is 2. The number of nitrogens with one attached hydrogen (secondary N) is 2. The number of carbonyl (C=O) groups excluding carboxylic acids is 2. The molecule has 0 saturated heterocycles. The standard InChI is InChI=1S/C23H20N4O3/c1-2-14-5-3-6-17-16-9-8-15(11-18(16)26-22(14)17)25-20(28)12-27-21(29)13-30-19-7-4-10-24-23(19)27/h3-11,26H,2,12-13H2,1H3,(H,25,28). The fraction of sp³-hybridized carbons (Fsp3) is 0.174. The lowest BCUT2D eigenvalue weighted by atomic mass is 10.1. The molecule has 2 N–H and O–H groups in total. The third-order valence-electron chi connectivity index (χ3n) is 5.35. The second kappa shape index (κ2) is 7.18. The molecule has 0 radical (unpaired) electrons. The van der Waals surface area contributed by atoms with Gasteiger partial charge in [-0.2, -0.15) is 0 Å². The smallest absolute Gasteiger partial charge is 0.266 e. The summed E-state index contributed by atoms with van der Waals surface area (Å²) in [4.78, 5) is 33.9. The van der Waals surface area contributed by atoms with E-state index in [1.165, 1.54) is 15.8 Å². The van der Waals surface area contributed by atoms with Crippen molar-refractivity contribution >= 4 is 45.1 Å². The van der Waals surface area contributed by atoms with E-state index < -0.39 is 0 Å². The van der Waals surface area contributed by atoms with Crippen LogP contribution in [0.1, 0.15) is 12.5 Å². The lowest BCUT2D eigenvalue weighted by Gasteiger charge is -2.27. The summed E-state index contributed by atoms with van der Waals surface area (Å²) in [5.74, 6) is 0.263. The molecule has 0 saturated carbocycles. The van der Waals surface area contributed by atoms with Gasteiger partial charge in [-0.05, 0) is 36.2 Å². The Bertz CT molecular complexity index is 1290. The van der Waals surface area contributed by atoms with Crippen molar-refractivity contribution in [2.24, 2.45) is 0 Å². The summed E-state index contributed by atoms with van der Waals surface area (Å²) in [5, 5.41) is 5.17. The number of hydrogen-bond donors (Lipinski definition) is 2. The fourth-order valence-corrected chi connectivity index (χ4v) is 3.90. The third-order valence-corrected chi connectivity index (χ3v) is 5.35. The van der Waals surface area contributed by atoms with Crippen LogP contribution in [0.3, 0.4) is 0 Å². The van der Waals surface area contributed by atoms with Crippen LogP contribution < -0.4 is 15.0 Å². The number of aryl methyl sites for hydroxylation is 1. The number of pyridine rings is 1. The molecule has 0 aliphatic carbocycles. The van der Waals surface area contributed by atoms with Crippen molar-refractivity contribution in [2.75, 3.05) is 23.4 Å². The number of anilines is 2. The summed E-state index contributed by atoms with van der Waals surface area (Å²) in [7, 11) is 0. The first kappa shape index (κ1) is 18.2. The van der Waals surface area contributed by atoms with Crippen LogP contribution in [0.5, 0.6) is 5.75 Å². The third kappa shape index (κ3) is 3.04. The van der Waals surface area contributed by atoms with Crippen LogP contribution in [0, 0.1) is 0 Å². The van der Waals surface area contributed by atoms with Crippen LogP contribution >= 0.6 is 0 Å². The van der Waals surface area contributed by atoms with Crippen molar-refractivity contribution in [1.82, 2.24) is 9.97 Å². The SMILES string of the molecule is CCc1cccc2c1[nH]c1cc(NC(=O)CN3C(=O)COc4cccnc43)ccc12. The van der Waals surface area contributed by atoms with E-state index in [-0.39, 0.29) is 25.0 Å². The largest absolute Gasteiger partial charge is 0.480 e. The molecule has 0 unspecified atom stereocenters. The lowest BCUT2D eigenvalue weighted by molar-refractivity contribution is -0.123. The summed E-state index contributed by atoms with van der Waals surface area (Å²) < 4.78 is 5.37. The monoisotopic (exact) mass is 400 g/mol. The summed E-state index contributed by atoms with van der Waals surface area (Å²) in [6.07, 6.45) is 2.51. The zero-order chi connectivity index (χ0) is 20.7. The van der Waals surface area contributed by atoms with Crippen LogP contribution in [0.25, 0.3) is 21.8 Å². The number of aromatic amines is 1. The minimum Gasteiger partial charge on any atom is -0.480 e. The summed E-state index contributed by atoms with van der Waals surface area (Å²) >= 11 is 0. The van der Waals surface area contributed by atoms with E-state index in [1.54, 1.807) is 18.3 Å². The van der Waals surface area contributed by atoms with E-state index >= 15 is 0 Å². The molecule has 7 heteroatoms. The van der Waals surface area contributed by atoms with Crippen molar-refractivity contribution < 1.29 is 14.3 Å². The number of aromatic nitrogens is 2. The minimum atomic E-state index is -0.299. The number of ether oxygens (including phenoxy) is 1. The quantitative estimate of drug-likeness (QED) is 0.548. The van der Waals surface area contributed by atoms with Gasteiger partial charge in [-0.1, -0.05) is 31.2 Å². The van der Waals surface area contributed by atoms with Gasteiger partial charge in [0.2, 0.25) is 5.91 Å². The summed E-state index contributed by atoms with van der Waals surface area (Å²) in [6.45, 7) is 1.90. The molecule has 1 aliphatic heterocycles. The Labute approximate surface area is 172 Å². The van der Waals surface area contributed by atoms with E-state index in [4.69, 9.17) is 4.74 Å². The van der Waals surface area contributed by atoms with Gasteiger partial charge >= 0.3 is 0 Å². The molecular weight excluding hydrogens is 380 g/mol.